The first-order valence-corrected chi connectivity index (χ1v) is 13.8. The predicted octanol–water partition coefficient (Wildman–Crippen LogP) is 4.75. The van der Waals surface area contributed by atoms with Gasteiger partial charge in [-0.05, 0) is 25.7 Å². The Morgan fingerprint density at radius 2 is 1.04 bits per heavy atom. The van der Waals surface area contributed by atoms with Crippen LogP contribution in [0, 0.1) is 0 Å². The molecule has 2 saturated carbocycles. The van der Waals surface area contributed by atoms with Crippen LogP contribution >= 0.6 is 48.0 Å². The molecule has 0 atom stereocenters. The summed E-state index contributed by atoms with van der Waals surface area (Å²) in [5.41, 5.74) is 0. The van der Waals surface area contributed by atoms with Crippen LogP contribution in [0.3, 0.4) is 0 Å². The Morgan fingerprint density at radius 3 is 1.43 bits per heavy atom. The molecular weight excluding hydrogens is 425 g/mol. The number of thiocarbonyl (C=S) groups is 2. The SMILES string of the molecule is S=C1SCN(C2CCCCC2)CN1CCN1CN(C2CCCCC2)CSC1=S. The van der Waals surface area contributed by atoms with Crippen LogP contribution in [0.25, 0.3) is 0 Å². The second-order valence-electron chi connectivity index (χ2n) is 8.65. The minimum atomic E-state index is 0.764. The number of hydrogen-bond donors (Lipinski definition) is 0. The lowest BCUT2D eigenvalue weighted by atomic mass is 9.95. The van der Waals surface area contributed by atoms with Gasteiger partial charge in [0.2, 0.25) is 0 Å². The van der Waals surface area contributed by atoms with Crippen molar-refractivity contribution in [3.63, 3.8) is 0 Å². The molecule has 158 valence electrons. The fourth-order valence-electron chi connectivity index (χ4n) is 4.99. The summed E-state index contributed by atoms with van der Waals surface area (Å²) in [6, 6.07) is 1.53. The maximum atomic E-state index is 5.70. The highest BCUT2D eigenvalue weighted by molar-refractivity contribution is 8.23. The third kappa shape index (κ3) is 5.55. The molecule has 4 rings (SSSR count). The molecule has 0 aromatic heterocycles. The van der Waals surface area contributed by atoms with E-state index in [0.717, 1.165) is 58.9 Å². The van der Waals surface area contributed by atoms with Crippen LogP contribution in [0.5, 0.6) is 0 Å². The van der Waals surface area contributed by atoms with Crippen molar-refractivity contribution in [1.82, 2.24) is 19.6 Å². The summed E-state index contributed by atoms with van der Waals surface area (Å²) in [7, 11) is 0. The smallest absolute Gasteiger partial charge is 0.138 e. The van der Waals surface area contributed by atoms with E-state index < -0.39 is 0 Å². The Kier molecular flexibility index (Phi) is 8.20. The fraction of sp³-hybridized carbons (Fsp3) is 0.900. The molecule has 2 heterocycles. The van der Waals surface area contributed by atoms with Crippen LogP contribution in [0.1, 0.15) is 64.2 Å². The van der Waals surface area contributed by atoms with Gasteiger partial charge in [0, 0.05) is 25.2 Å². The molecule has 8 heteroatoms. The number of nitrogens with zero attached hydrogens (tertiary/aromatic N) is 4. The molecule has 4 nitrogen and oxygen atoms in total. The Hall–Kier alpha value is 0.400. The van der Waals surface area contributed by atoms with Crippen molar-refractivity contribution in [2.24, 2.45) is 0 Å². The highest BCUT2D eigenvalue weighted by Gasteiger charge is 2.31. The van der Waals surface area contributed by atoms with E-state index in [4.69, 9.17) is 24.4 Å². The second kappa shape index (κ2) is 10.6. The zero-order valence-electron chi connectivity index (χ0n) is 16.9. The third-order valence-electron chi connectivity index (χ3n) is 6.75. The van der Waals surface area contributed by atoms with Crippen molar-refractivity contribution in [3.05, 3.63) is 0 Å². The molecule has 2 aliphatic carbocycles. The van der Waals surface area contributed by atoms with Gasteiger partial charge in [-0.1, -0.05) is 86.5 Å². The summed E-state index contributed by atoms with van der Waals surface area (Å²) in [4.78, 5) is 10.2. The van der Waals surface area contributed by atoms with Crippen LogP contribution < -0.4 is 0 Å². The normalized spacial score (nSPS) is 27.6. The van der Waals surface area contributed by atoms with Gasteiger partial charge < -0.3 is 9.80 Å². The van der Waals surface area contributed by atoms with Crippen molar-refractivity contribution in [2.45, 2.75) is 76.3 Å². The quantitative estimate of drug-likeness (QED) is 0.540. The maximum absolute atomic E-state index is 5.70. The zero-order valence-corrected chi connectivity index (χ0v) is 20.2. The molecule has 2 saturated heterocycles. The molecule has 0 bridgehead atoms. The molecule has 0 spiro atoms. The van der Waals surface area contributed by atoms with E-state index in [1.807, 2.05) is 23.5 Å². The van der Waals surface area contributed by atoms with E-state index in [2.05, 4.69) is 19.6 Å². The summed E-state index contributed by atoms with van der Waals surface area (Å²) >= 11 is 15.1. The average Bonchev–Trinajstić information content (AvgIpc) is 2.75. The molecule has 28 heavy (non-hydrogen) atoms. The van der Waals surface area contributed by atoms with Gasteiger partial charge >= 0.3 is 0 Å². The van der Waals surface area contributed by atoms with Gasteiger partial charge in [-0.2, -0.15) is 0 Å². The Morgan fingerprint density at radius 1 is 0.643 bits per heavy atom. The highest BCUT2D eigenvalue weighted by atomic mass is 32.2. The second-order valence-corrected chi connectivity index (χ2v) is 11.8. The molecule has 4 fully saturated rings. The number of rotatable bonds is 5. The molecule has 0 aromatic rings. The first kappa shape index (κ1) is 21.6. The van der Waals surface area contributed by atoms with E-state index in [-0.39, 0.29) is 0 Å². The van der Waals surface area contributed by atoms with Crippen molar-refractivity contribution < 1.29 is 0 Å². The van der Waals surface area contributed by atoms with E-state index in [9.17, 15) is 0 Å². The minimum absolute atomic E-state index is 0.764. The van der Waals surface area contributed by atoms with Crippen LogP contribution in [-0.2, 0) is 0 Å². The summed E-state index contributed by atoms with van der Waals surface area (Å²) in [5.74, 6) is 2.15. The first-order valence-electron chi connectivity index (χ1n) is 11.0. The van der Waals surface area contributed by atoms with E-state index in [1.165, 1.54) is 64.2 Å². The van der Waals surface area contributed by atoms with Crippen LogP contribution in [0.4, 0.5) is 0 Å². The standard InChI is InChI=1S/C20H34N4S4/c25-19-21(13-23(15-27-19)17-7-3-1-4-8-17)11-12-22-14-24(16-28-20(22)26)18-9-5-2-6-10-18/h17-18H,1-16H2. The van der Waals surface area contributed by atoms with E-state index >= 15 is 0 Å². The summed E-state index contributed by atoms with van der Waals surface area (Å²) in [5, 5.41) is 0. The summed E-state index contributed by atoms with van der Waals surface area (Å²) in [6.07, 6.45) is 13.9. The van der Waals surface area contributed by atoms with Gasteiger partial charge in [0.25, 0.3) is 0 Å². The maximum Gasteiger partial charge on any atom is 0.138 e. The van der Waals surface area contributed by atoms with Crippen molar-refractivity contribution >= 4 is 56.6 Å². The van der Waals surface area contributed by atoms with Crippen LogP contribution in [0.15, 0.2) is 0 Å². The molecular formula is C20H34N4S4. The Bertz CT molecular complexity index is 500. The van der Waals surface area contributed by atoms with Gasteiger partial charge in [0.1, 0.15) is 8.64 Å². The first-order chi connectivity index (χ1) is 13.7. The van der Waals surface area contributed by atoms with Crippen LogP contribution in [-0.4, -0.2) is 78.5 Å². The predicted molar refractivity (Wildman–Crippen MR) is 131 cm³/mol. The van der Waals surface area contributed by atoms with Crippen molar-refractivity contribution in [1.29, 1.82) is 0 Å². The molecule has 0 aromatic carbocycles. The molecule has 0 unspecified atom stereocenters. The van der Waals surface area contributed by atoms with Gasteiger partial charge in [0.05, 0.1) is 25.1 Å². The molecule has 0 N–H and O–H groups in total. The Balaban J connectivity index is 1.28. The zero-order chi connectivity index (χ0) is 19.3. The van der Waals surface area contributed by atoms with Crippen molar-refractivity contribution in [3.8, 4) is 0 Å². The minimum Gasteiger partial charge on any atom is -0.343 e. The molecule has 0 radical (unpaired) electrons. The fourth-order valence-corrected chi connectivity index (χ4v) is 7.41. The van der Waals surface area contributed by atoms with Gasteiger partial charge in [-0.25, -0.2) is 0 Å². The molecule has 0 amide bonds. The van der Waals surface area contributed by atoms with E-state index in [0.29, 0.717) is 0 Å². The summed E-state index contributed by atoms with van der Waals surface area (Å²) in [6.45, 7) is 4.01. The topological polar surface area (TPSA) is 13.0 Å². The monoisotopic (exact) mass is 458 g/mol. The lowest BCUT2D eigenvalue weighted by Crippen LogP contribution is -2.54. The number of hydrogen-bond acceptors (Lipinski definition) is 6. The average molecular weight is 459 g/mol. The lowest BCUT2D eigenvalue weighted by molar-refractivity contribution is 0.108. The van der Waals surface area contributed by atoms with Crippen LogP contribution in [0.2, 0.25) is 0 Å². The highest BCUT2D eigenvalue weighted by Crippen LogP contribution is 2.30. The van der Waals surface area contributed by atoms with Crippen molar-refractivity contribution in [2.75, 3.05) is 38.2 Å². The lowest BCUT2D eigenvalue weighted by Gasteiger charge is -2.44. The van der Waals surface area contributed by atoms with Gasteiger partial charge in [0.15, 0.2) is 0 Å². The summed E-state index contributed by atoms with van der Waals surface area (Å²) < 4.78 is 2.15. The molecule has 4 aliphatic rings. The third-order valence-corrected chi connectivity index (χ3v) is 9.91. The van der Waals surface area contributed by atoms with Gasteiger partial charge in [-0.15, -0.1) is 0 Å². The number of thioether (sulfide) groups is 2. The molecule has 2 aliphatic heterocycles. The van der Waals surface area contributed by atoms with Gasteiger partial charge in [-0.3, -0.25) is 9.80 Å². The Labute approximate surface area is 190 Å². The van der Waals surface area contributed by atoms with E-state index in [1.54, 1.807) is 0 Å². The largest absolute Gasteiger partial charge is 0.343 e.